The van der Waals surface area contributed by atoms with Gasteiger partial charge in [-0.15, -0.1) is 23.1 Å². The molecular weight excluding hydrogens is 453 g/mol. The fourth-order valence-electron chi connectivity index (χ4n) is 3.22. The third-order valence-corrected chi connectivity index (χ3v) is 7.04. The highest BCUT2D eigenvalue weighted by Gasteiger charge is 2.34. The minimum Gasteiger partial charge on any atom is -0.465 e. The number of methoxy groups -OCH3 is 1. The molecule has 0 spiro atoms. The van der Waals surface area contributed by atoms with E-state index >= 15 is 0 Å². The first-order chi connectivity index (χ1) is 14.5. The van der Waals surface area contributed by atoms with Crippen LogP contribution in [0.25, 0.3) is 0 Å². The van der Waals surface area contributed by atoms with E-state index in [9.17, 15) is 27.6 Å². The van der Waals surface area contributed by atoms with Crippen molar-refractivity contribution in [3.05, 3.63) is 39.8 Å². The van der Waals surface area contributed by atoms with Crippen molar-refractivity contribution in [2.75, 3.05) is 17.7 Å². The van der Waals surface area contributed by atoms with Crippen LogP contribution in [0.3, 0.4) is 0 Å². The number of hydrogen-bond acceptors (Lipinski definition) is 6. The maximum atomic E-state index is 12.9. The number of fused-ring (bicyclic) bond motifs is 1. The second-order valence-electron chi connectivity index (χ2n) is 6.74. The lowest BCUT2D eigenvalue weighted by atomic mass is 10.1. The van der Waals surface area contributed by atoms with Gasteiger partial charge in [0.05, 0.1) is 29.2 Å². The van der Waals surface area contributed by atoms with Crippen molar-refractivity contribution < 1.29 is 32.3 Å². The number of alkyl halides is 3. The highest BCUT2D eigenvalue weighted by Crippen LogP contribution is 2.41. The second-order valence-corrected chi connectivity index (χ2v) is 9.21. The van der Waals surface area contributed by atoms with Crippen LogP contribution in [0.1, 0.15) is 39.7 Å². The van der Waals surface area contributed by atoms with Gasteiger partial charge in [0, 0.05) is 16.2 Å². The molecule has 1 aliphatic heterocycles. The summed E-state index contributed by atoms with van der Waals surface area (Å²) in [6.07, 6.45) is -4.15. The highest BCUT2D eigenvalue weighted by atomic mass is 32.2. The number of thiophene rings is 1. The van der Waals surface area contributed by atoms with Crippen molar-refractivity contribution in [1.29, 1.82) is 0 Å². The first-order valence-corrected chi connectivity index (χ1v) is 10.9. The van der Waals surface area contributed by atoms with E-state index < -0.39 is 34.8 Å². The van der Waals surface area contributed by atoms with Gasteiger partial charge >= 0.3 is 12.1 Å². The average Bonchev–Trinajstić information content (AvgIpc) is 3.01. The van der Waals surface area contributed by atoms with Gasteiger partial charge < -0.3 is 15.4 Å². The Balaban J connectivity index is 1.75. The van der Waals surface area contributed by atoms with Crippen LogP contribution in [0.15, 0.2) is 23.1 Å². The number of rotatable bonds is 5. The number of anilines is 2. The maximum absolute atomic E-state index is 12.9. The predicted molar refractivity (Wildman–Crippen MR) is 113 cm³/mol. The molecule has 31 heavy (non-hydrogen) atoms. The molecule has 1 aromatic heterocycles. The van der Waals surface area contributed by atoms with Crippen LogP contribution < -0.4 is 10.6 Å². The number of nitrogens with one attached hydrogen (secondary N) is 2. The summed E-state index contributed by atoms with van der Waals surface area (Å²) < 4.78 is 43.5. The summed E-state index contributed by atoms with van der Waals surface area (Å²) in [6, 6.07) is 3.09. The normalized spacial score (nSPS) is 15.8. The van der Waals surface area contributed by atoms with Gasteiger partial charge in [0.15, 0.2) is 0 Å². The SMILES string of the molecule is CCc1c(C)sc(NC(=O)C[C@@H]2Sc3ccc(C(F)(F)F)cc3NC2=O)c1C(=O)OC. The first-order valence-electron chi connectivity index (χ1n) is 9.24. The molecule has 1 aromatic carbocycles. The maximum Gasteiger partial charge on any atom is 0.416 e. The van der Waals surface area contributed by atoms with Gasteiger partial charge in [0.2, 0.25) is 11.8 Å². The number of aryl methyl sites for hydroxylation is 1. The number of benzene rings is 1. The van der Waals surface area contributed by atoms with Crippen LogP contribution in [0, 0.1) is 6.92 Å². The molecule has 0 aliphatic carbocycles. The largest absolute Gasteiger partial charge is 0.465 e. The van der Waals surface area contributed by atoms with Crippen molar-refractivity contribution in [2.24, 2.45) is 0 Å². The summed E-state index contributed by atoms with van der Waals surface area (Å²) in [7, 11) is 1.25. The fourth-order valence-corrected chi connectivity index (χ4v) is 5.46. The van der Waals surface area contributed by atoms with Crippen LogP contribution in [-0.2, 0) is 26.9 Å². The Morgan fingerprint density at radius 1 is 1.29 bits per heavy atom. The van der Waals surface area contributed by atoms with E-state index in [1.165, 1.54) is 24.5 Å². The number of carbonyl (C=O) groups is 3. The van der Waals surface area contributed by atoms with E-state index in [4.69, 9.17) is 4.74 Å². The Hall–Kier alpha value is -2.53. The molecule has 0 saturated heterocycles. The Bertz CT molecular complexity index is 1050. The van der Waals surface area contributed by atoms with Gasteiger partial charge in [0.1, 0.15) is 5.00 Å². The zero-order valence-corrected chi connectivity index (χ0v) is 18.4. The predicted octanol–water partition coefficient (Wildman–Crippen LogP) is 4.87. The van der Waals surface area contributed by atoms with Gasteiger partial charge in [0.25, 0.3) is 0 Å². The van der Waals surface area contributed by atoms with Crippen molar-refractivity contribution in [3.63, 3.8) is 0 Å². The molecule has 2 heterocycles. The molecule has 11 heteroatoms. The number of amides is 2. The molecule has 1 atom stereocenters. The molecule has 166 valence electrons. The summed E-state index contributed by atoms with van der Waals surface area (Å²) in [4.78, 5) is 38.5. The van der Waals surface area contributed by atoms with Gasteiger partial charge in [-0.2, -0.15) is 13.2 Å². The Morgan fingerprint density at radius 3 is 2.61 bits per heavy atom. The van der Waals surface area contributed by atoms with E-state index in [2.05, 4.69) is 10.6 Å². The molecule has 2 aromatic rings. The standard InChI is InChI=1S/C20H19F3N2O4S2/c1-4-11-9(2)30-18(16(11)19(28)29-3)25-15(26)8-14-17(27)24-12-7-10(20(21,22)23)5-6-13(12)31-14/h5-7,14H,4,8H2,1-3H3,(H,24,27)(H,25,26)/t14-/m0/s1. The van der Waals surface area contributed by atoms with E-state index in [1.807, 2.05) is 13.8 Å². The van der Waals surface area contributed by atoms with Crippen LogP contribution in [0.4, 0.5) is 23.9 Å². The molecule has 1 aliphatic rings. The second kappa shape index (κ2) is 8.91. The summed E-state index contributed by atoms with van der Waals surface area (Å²) >= 11 is 2.27. The summed E-state index contributed by atoms with van der Waals surface area (Å²) in [5.74, 6) is -1.61. The molecule has 2 amide bonds. The summed E-state index contributed by atoms with van der Waals surface area (Å²) in [6.45, 7) is 3.72. The minimum atomic E-state index is -4.52. The zero-order chi connectivity index (χ0) is 22.9. The molecule has 0 radical (unpaired) electrons. The Kier molecular flexibility index (Phi) is 6.65. The molecule has 3 rings (SSSR count). The number of hydrogen-bond donors (Lipinski definition) is 2. The van der Waals surface area contributed by atoms with E-state index in [1.54, 1.807) is 0 Å². The van der Waals surface area contributed by atoms with E-state index in [0.29, 0.717) is 21.9 Å². The Morgan fingerprint density at radius 2 is 2.00 bits per heavy atom. The van der Waals surface area contributed by atoms with Crippen molar-refractivity contribution in [2.45, 2.75) is 43.0 Å². The lowest BCUT2D eigenvalue weighted by Gasteiger charge is -2.24. The van der Waals surface area contributed by atoms with Crippen molar-refractivity contribution in [1.82, 2.24) is 0 Å². The van der Waals surface area contributed by atoms with Crippen molar-refractivity contribution >= 4 is 51.6 Å². The lowest BCUT2D eigenvalue weighted by Crippen LogP contribution is -2.32. The molecular formula is C20H19F3N2O4S2. The third kappa shape index (κ3) is 4.87. The molecule has 0 unspecified atom stereocenters. The molecule has 2 N–H and O–H groups in total. The van der Waals surface area contributed by atoms with Gasteiger partial charge in [-0.3, -0.25) is 9.59 Å². The van der Waals surface area contributed by atoms with E-state index in [0.717, 1.165) is 34.3 Å². The number of esters is 1. The van der Waals surface area contributed by atoms with E-state index in [-0.39, 0.29) is 12.1 Å². The quantitative estimate of drug-likeness (QED) is 0.607. The minimum absolute atomic E-state index is 0.0657. The molecule has 0 saturated carbocycles. The number of ether oxygens (including phenoxy) is 1. The smallest absolute Gasteiger partial charge is 0.416 e. The van der Waals surface area contributed by atoms with Crippen LogP contribution >= 0.6 is 23.1 Å². The first kappa shape index (κ1) is 23.1. The van der Waals surface area contributed by atoms with Gasteiger partial charge in [-0.05, 0) is 37.1 Å². The van der Waals surface area contributed by atoms with Gasteiger partial charge in [-0.1, -0.05) is 6.92 Å². The summed E-state index contributed by atoms with van der Waals surface area (Å²) in [5, 5.41) is 4.65. The highest BCUT2D eigenvalue weighted by molar-refractivity contribution is 8.01. The van der Waals surface area contributed by atoms with Crippen LogP contribution in [0.5, 0.6) is 0 Å². The van der Waals surface area contributed by atoms with Crippen LogP contribution in [-0.4, -0.2) is 30.1 Å². The monoisotopic (exact) mass is 472 g/mol. The third-order valence-electron chi connectivity index (χ3n) is 4.70. The average molecular weight is 473 g/mol. The number of carbonyl (C=O) groups excluding carboxylic acids is 3. The molecule has 6 nitrogen and oxygen atoms in total. The van der Waals surface area contributed by atoms with Gasteiger partial charge in [-0.25, -0.2) is 4.79 Å². The molecule has 0 bridgehead atoms. The Labute approximate surface area is 184 Å². The zero-order valence-electron chi connectivity index (χ0n) is 16.8. The topological polar surface area (TPSA) is 84.5 Å². The molecule has 0 fully saturated rings. The number of halogens is 3. The van der Waals surface area contributed by atoms with Crippen molar-refractivity contribution in [3.8, 4) is 0 Å². The fraction of sp³-hybridized carbons (Fsp3) is 0.350. The summed E-state index contributed by atoms with van der Waals surface area (Å²) in [5.41, 5.74) is 0.285. The van der Waals surface area contributed by atoms with Crippen LogP contribution in [0.2, 0.25) is 0 Å². The number of thioether (sulfide) groups is 1. The lowest BCUT2D eigenvalue weighted by molar-refractivity contribution is -0.137.